The molecule has 1 heterocycles. The molecule has 1 aliphatic rings. The van der Waals surface area contributed by atoms with Gasteiger partial charge in [-0.05, 0) is 37.5 Å². The van der Waals surface area contributed by atoms with Crippen LogP contribution in [-0.2, 0) is 9.53 Å². The second kappa shape index (κ2) is 6.91. The molecule has 1 saturated heterocycles. The summed E-state index contributed by atoms with van der Waals surface area (Å²) < 4.78 is 10.8. The molecule has 0 saturated carbocycles. The lowest BCUT2D eigenvalue weighted by atomic mass is 10.1. The van der Waals surface area contributed by atoms with Crippen LogP contribution in [0.25, 0.3) is 0 Å². The second-order valence-electron chi connectivity index (χ2n) is 5.46. The van der Waals surface area contributed by atoms with Gasteiger partial charge < -0.3 is 20.1 Å². The summed E-state index contributed by atoms with van der Waals surface area (Å²) in [5.74, 6) is 0.833. The largest absolute Gasteiger partial charge is 0.497 e. The molecule has 1 amide bonds. The molecule has 116 valence electrons. The number of methoxy groups -OCH3 is 1. The zero-order valence-electron chi connectivity index (χ0n) is 12.9. The van der Waals surface area contributed by atoms with Gasteiger partial charge in [-0.1, -0.05) is 12.1 Å². The summed E-state index contributed by atoms with van der Waals surface area (Å²) in [6.45, 7) is 2.48. The highest BCUT2D eigenvalue weighted by Gasteiger charge is 2.33. The van der Waals surface area contributed by atoms with Crippen molar-refractivity contribution >= 4 is 5.91 Å². The summed E-state index contributed by atoms with van der Waals surface area (Å²) in [7, 11) is 3.45. The van der Waals surface area contributed by atoms with E-state index >= 15 is 0 Å². The Morgan fingerprint density at radius 3 is 2.62 bits per heavy atom. The molecule has 0 aromatic heterocycles. The van der Waals surface area contributed by atoms with E-state index < -0.39 is 0 Å². The Hall–Kier alpha value is -1.59. The van der Waals surface area contributed by atoms with Crippen molar-refractivity contribution in [3.63, 3.8) is 0 Å². The smallest absolute Gasteiger partial charge is 0.251 e. The minimum atomic E-state index is -0.357. The van der Waals surface area contributed by atoms with Crippen LogP contribution in [0, 0.1) is 0 Å². The molecule has 0 aliphatic carbocycles. The van der Waals surface area contributed by atoms with Gasteiger partial charge in [0.1, 0.15) is 11.9 Å². The summed E-state index contributed by atoms with van der Waals surface area (Å²) in [4.78, 5) is 14.2. The second-order valence-corrected chi connectivity index (χ2v) is 5.46. The Balaban J connectivity index is 2.00. The van der Waals surface area contributed by atoms with Crippen molar-refractivity contribution in [3.8, 4) is 5.75 Å². The molecular formula is C16H24N2O3. The number of benzene rings is 1. The summed E-state index contributed by atoms with van der Waals surface area (Å²) in [5, 5.41) is 0. The molecule has 1 aromatic carbocycles. The van der Waals surface area contributed by atoms with E-state index in [0.29, 0.717) is 6.54 Å². The van der Waals surface area contributed by atoms with Gasteiger partial charge in [0.25, 0.3) is 5.91 Å². The number of likely N-dealkylation sites (N-methyl/N-ethyl adjacent to an activating group) is 1. The molecule has 0 bridgehead atoms. The molecule has 2 rings (SSSR count). The molecule has 21 heavy (non-hydrogen) atoms. The summed E-state index contributed by atoms with van der Waals surface area (Å²) >= 11 is 0. The fraction of sp³-hybridized carbons (Fsp3) is 0.562. The fourth-order valence-electron chi connectivity index (χ4n) is 2.58. The van der Waals surface area contributed by atoms with Crippen LogP contribution in [-0.4, -0.2) is 43.7 Å². The molecule has 1 aliphatic heterocycles. The number of hydrogen-bond donors (Lipinski definition) is 1. The highest BCUT2D eigenvalue weighted by molar-refractivity contribution is 5.81. The van der Waals surface area contributed by atoms with Crippen molar-refractivity contribution in [1.29, 1.82) is 0 Å². The van der Waals surface area contributed by atoms with Gasteiger partial charge in [-0.3, -0.25) is 4.79 Å². The Bertz CT molecular complexity index is 475. The number of nitrogens with two attached hydrogens (primary N) is 1. The number of carbonyl (C=O) groups excluding carboxylic acids is 1. The van der Waals surface area contributed by atoms with Crippen LogP contribution in [0.3, 0.4) is 0 Å². The first-order valence-corrected chi connectivity index (χ1v) is 7.33. The van der Waals surface area contributed by atoms with E-state index in [9.17, 15) is 4.79 Å². The van der Waals surface area contributed by atoms with E-state index in [1.54, 1.807) is 12.0 Å². The predicted molar refractivity (Wildman–Crippen MR) is 81.1 cm³/mol. The van der Waals surface area contributed by atoms with Crippen LogP contribution in [0.15, 0.2) is 24.3 Å². The summed E-state index contributed by atoms with van der Waals surface area (Å²) in [6.07, 6.45) is 1.27. The fourth-order valence-corrected chi connectivity index (χ4v) is 2.58. The number of carbonyl (C=O) groups is 1. The van der Waals surface area contributed by atoms with Gasteiger partial charge in [-0.25, -0.2) is 0 Å². The van der Waals surface area contributed by atoms with Gasteiger partial charge >= 0.3 is 0 Å². The van der Waals surface area contributed by atoms with Gasteiger partial charge in [0.15, 0.2) is 0 Å². The van der Waals surface area contributed by atoms with Crippen LogP contribution in [0.1, 0.15) is 31.4 Å². The average Bonchev–Trinajstić information content (AvgIpc) is 3.02. The highest BCUT2D eigenvalue weighted by Crippen LogP contribution is 2.26. The van der Waals surface area contributed by atoms with Crippen LogP contribution in [0.5, 0.6) is 5.75 Å². The van der Waals surface area contributed by atoms with E-state index in [1.807, 2.05) is 38.2 Å². The monoisotopic (exact) mass is 292 g/mol. The maximum absolute atomic E-state index is 12.5. The lowest BCUT2D eigenvalue weighted by molar-refractivity contribution is -0.143. The van der Waals surface area contributed by atoms with Gasteiger partial charge in [0.2, 0.25) is 0 Å². The number of rotatable bonds is 5. The molecule has 1 fully saturated rings. The molecule has 5 heteroatoms. The zero-order chi connectivity index (χ0) is 15.4. The zero-order valence-corrected chi connectivity index (χ0v) is 12.9. The molecule has 2 N–H and O–H groups in total. The SMILES string of the molecule is COc1ccc(C(C)N(C)C(=O)[C@@H]2CC[C@H](CN)O2)cc1. The van der Waals surface area contributed by atoms with E-state index in [4.69, 9.17) is 15.2 Å². The highest BCUT2D eigenvalue weighted by atomic mass is 16.5. The van der Waals surface area contributed by atoms with Crippen LogP contribution in [0.4, 0.5) is 0 Å². The number of amides is 1. The van der Waals surface area contributed by atoms with Crippen molar-refractivity contribution < 1.29 is 14.3 Å². The number of hydrogen-bond acceptors (Lipinski definition) is 4. The minimum absolute atomic E-state index is 0.0102. The van der Waals surface area contributed by atoms with Gasteiger partial charge in [-0.15, -0.1) is 0 Å². The number of nitrogens with zero attached hydrogens (tertiary/aromatic N) is 1. The third kappa shape index (κ3) is 3.54. The normalized spacial score (nSPS) is 22.9. The molecule has 1 unspecified atom stereocenters. The third-order valence-corrected chi connectivity index (χ3v) is 4.17. The summed E-state index contributed by atoms with van der Waals surface area (Å²) in [6, 6.07) is 7.75. The van der Waals surface area contributed by atoms with Crippen LogP contribution >= 0.6 is 0 Å². The maximum Gasteiger partial charge on any atom is 0.251 e. The van der Waals surface area contributed by atoms with Crippen molar-refractivity contribution in [2.75, 3.05) is 20.7 Å². The maximum atomic E-state index is 12.5. The van der Waals surface area contributed by atoms with Gasteiger partial charge in [-0.2, -0.15) is 0 Å². The third-order valence-electron chi connectivity index (χ3n) is 4.17. The molecule has 0 radical (unpaired) electrons. The van der Waals surface area contributed by atoms with Crippen molar-refractivity contribution in [2.24, 2.45) is 5.73 Å². The number of ether oxygens (including phenoxy) is 2. The topological polar surface area (TPSA) is 64.8 Å². The van der Waals surface area contributed by atoms with Gasteiger partial charge in [0, 0.05) is 13.6 Å². The first kappa shape index (κ1) is 15.8. The van der Waals surface area contributed by atoms with Crippen LogP contribution < -0.4 is 10.5 Å². The standard InChI is InChI=1S/C16H24N2O3/c1-11(12-4-6-13(20-3)7-5-12)18(2)16(19)15-9-8-14(10-17)21-15/h4-7,11,14-15H,8-10,17H2,1-3H3/t11?,14-,15+/m1/s1. The lowest BCUT2D eigenvalue weighted by Gasteiger charge is -2.28. The van der Waals surface area contributed by atoms with Crippen molar-refractivity contribution in [1.82, 2.24) is 4.90 Å². The Labute approximate surface area is 126 Å². The van der Waals surface area contributed by atoms with Gasteiger partial charge in [0.05, 0.1) is 19.3 Å². The first-order valence-electron chi connectivity index (χ1n) is 7.33. The molecule has 1 aromatic rings. The molecule has 5 nitrogen and oxygen atoms in total. The van der Waals surface area contributed by atoms with Crippen molar-refractivity contribution in [2.45, 2.75) is 38.0 Å². The lowest BCUT2D eigenvalue weighted by Crippen LogP contribution is -2.38. The van der Waals surface area contributed by atoms with E-state index in [1.165, 1.54) is 0 Å². The molecule has 3 atom stereocenters. The Morgan fingerprint density at radius 2 is 2.10 bits per heavy atom. The van der Waals surface area contributed by atoms with Crippen LogP contribution in [0.2, 0.25) is 0 Å². The quantitative estimate of drug-likeness (QED) is 0.897. The van der Waals surface area contributed by atoms with Crippen molar-refractivity contribution in [3.05, 3.63) is 29.8 Å². The molecular weight excluding hydrogens is 268 g/mol. The van der Waals surface area contributed by atoms with E-state index in [-0.39, 0.29) is 24.2 Å². The predicted octanol–water partition coefficient (Wildman–Crippen LogP) is 1.72. The van der Waals surface area contributed by atoms with E-state index in [2.05, 4.69) is 0 Å². The Kier molecular flexibility index (Phi) is 5.20. The first-order chi connectivity index (χ1) is 10.1. The Morgan fingerprint density at radius 1 is 1.43 bits per heavy atom. The van der Waals surface area contributed by atoms with E-state index in [0.717, 1.165) is 24.2 Å². The molecule has 0 spiro atoms. The minimum Gasteiger partial charge on any atom is -0.497 e. The average molecular weight is 292 g/mol. The summed E-state index contributed by atoms with van der Waals surface area (Å²) in [5.41, 5.74) is 6.66.